The summed E-state index contributed by atoms with van der Waals surface area (Å²) in [6.07, 6.45) is 2.75. The van der Waals surface area contributed by atoms with Crippen LogP contribution in [0.1, 0.15) is 55.1 Å². The Morgan fingerprint density at radius 3 is 2.29 bits per heavy atom. The molecule has 0 aliphatic carbocycles. The summed E-state index contributed by atoms with van der Waals surface area (Å²) in [6, 6.07) is 11.2. The van der Waals surface area contributed by atoms with Crippen molar-refractivity contribution < 1.29 is 4.79 Å². The number of rotatable bonds is 4. The van der Waals surface area contributed by atoms with Crippen LogP contribution in [0.5, 0.6) is 0 Å². The van der Waals surface area contributed by atoms with E-state index in [1.807, 2.05) is 57.3 Å². The Hall–Kier alpha value is -2.36. The highest BCUT2D eigenvalue weighted by molar-refractivity contribution is 5.94. The van der Waals surface area contributed by atoms with E-state index in [1.54, 1.807) is 17.7 Å². The third-order valence-corrected chi connectivity index (χ3v) is 3.92. The monoisotopic (exact) mass is 326 g/mol. The van der Waals surface area contributed by atoms with Crippen molar-refractivity contribution in [3.63, 3.8) is 0 Å². The molecule has 4 heteroatoms. The van der Waals surface area contributed by atoms with Gasteiger partial charge in [-0.3, -0.25) is 9.59 Å². The molecule has 1 aromatic carbocycles. The third-order valence-electron chi connectivity index (χ3n) is 3.92. The molecule has 0 radical (unpaired) electrons. The van der Waals surface area contributed by atoms with Crippen LogP contribution in [-0.2, 0) is 13.5 Å². The lowest BCUT2D eigenvalue weighted by Crippen LogP contribution is -2.40. The van der Waals surface area contributed by atoms with Gasteiger partial charge in [-0.1, -0.05) is 25.1 Å². The number of carbonyl (C=O) groups is 1. The van der Waals surface area contributed by atoms with Crippen molar-refractivity contribution in [2.45, 2.75) is 45.6 Å². The molecule has 2 rings (SSSR count). The first kappa shape index (κ1) is 18.0. The summed E-state index contributed by atoms with van der Waals surface area (Å²) in [5, 5.41) is 2.96. The van der Waals surface area contributed by atoms with Gasteiger partial charge in [-0.25, -0.2) is 0 Å². The third kappa shape index (κ3) is 4.82. The molecule has 24 heavy (non-hydrogen) atoms. The number of nitrogens with zero attached hydrogens (tertiary/aromatic N) is 1. The van der Waals surface area contributed by atoms with Crippen molar-refractivity contribution >= 4 is 5.91 Å². The number of aromatic nitrogens is 1. The second-order valence-corrected chi connectivity index (χ2v) is 7.42. The van der Waals surface area contributed by atoms with Crippen LogP contribution in [0.2, 0.25) is 0 Å². The average molecular weight is 326 g/mol. The maximum atomic E-state index is 12.1. The predicted molar refractivity (Wildman–Crippen MR) is 97.5 cm³/mol. The maximum Gasteiger partial charge on any atom is 0.251 e. The van der Waals surface area contributed by atoms with Crippen LogP contribution >= 0.6 is 0 Å². The van der Waals surface area contributed by atoms with E-state index in [1.165, 1.54) is 5.56 Å². The molecule has 4 nitrogen and oxygen atoms in total. The Morgan fingerprint density at radius 2 is 1.75 bits per heavy atom. The van der Waals surface area contributed by atoms with E-state index in [0.717, 1.165) is 12.0 Å². The van der Waals surface area contributed by atoms with Gasteiger partial charge in [-0.2, -0.15) is 0 Å². The molecule has 1 N–H and O–H groups in total. The number of amides is 1. The molecule has 0 aliphatic heterocycles. The molecular weight excluding hydrogens is 300 g/mol. The number of hydrogen-bond acceptors (Lipinski definition) is 2. The first-order valence-electron chi connectivity index (χ1n) is 8.24. The van der Waals surface area contributed by atoms with Crippen LogP contribution in [0.25, 0.3) is 0 Å². The Morgan fingerprint density at radius 1 is 1.12 bits per heavy atom. The van der Waals surface area contributed by atoms with Gasteiger partial charge >= 0.3 is 0 Å². The number of hydrogen-bond donors (Lipinski definition) is 1. The molecule has 0 saturated heterocycles. The lowest BCUT2D eigenvalue weighted by molar-refractivity contribution is 0.0919. The zero-order chi connectivity index (χ0) is 17.9. The van der Waals surface area contributed by atoms with E-state index in [0.29, 0.717) is 11.5 Å². The molecule has 1 aromatic heterocycles. The van der Waals surface area contributed by atoms with Crippen molar-refractivity contribution in [1.29, 1.82) is 0 Å². The summed E-state index contributed by atoms with van der Waals surface area (Å²) in [4.78, 5) is 23.6. The number of pyridine rings is 1. The number of nitrogens with one attached hydrogen (secondary N) is 1. The molecular formula is C20H26N2O2. The van der Waals surface area contributed by atoms with Crippen LogP contribution in [0.4, 0.5) is 0 Å². The fourth-order valence-electron chi connectivity index (χ4n) is 2.58. The van der Waals surface area contributed by atoms with Gasteiger partial charge in [0.1, 0.15) is 0 Å². The summed E-state index contributed by atoms with van der Waals surface area (Å²) in [5.74, 6) is 0.242. The lowest BCUT2D eigenvalue weighted by atomic mass is 9.94. The van der Waals surface area contributed by atoms with Gasteiger partial charge in [-0.15, -0.1) is 0 Å². The van der Waals surface area contributed by atoms with Gasteiger partial charge in [0.15, 0.2) is 0 Å². The van der Waals surface area contributed by atoms with Gasteiger partial charge in [-0.05, 0) is 56.4 Å². The molecule has 128 valence electrons. The molecule has 1 heterocycles. The molecule has 1 unspecified atom stereocenters. The molecule has 1 amide bonds. The van der Waals surface area contributed by atoms with Crippen LogP contribution in [0, 0.1) is 0 Å². The first-order valence-corrected chi connectivity index (χ1v) is 8.24. The van der Waals surface area contributed by atoms with E-state index in [9.17, 15) is 9.59 Å². The smallest absolute Gasteiger partial charge is 0.251 e. The Bertz CT molecular complexity index is 767. The molecule has 0 fully saturated rings. The van der Waals surface area contributed by atoms with Crippen molar-refractivity contribution in [1.82, 2.24) is 9.88 Å². The van der Waals surface area contributed by atoms with Crippen LogP contribution in [0.15, 0.2) is 47.4 Å². The zero-order valence-electron chi connectivity index (χ0n) is 15.1. The Labute approximate surface area is 143 Å². The second-order valence-electron chi connectivity index (χ2n) is 7.42. The SMILES string of the molecule is CC(Cc1ccc(C(=O)NC(C)(C)C)cc1)c1ccc(=O)n(C)c1. The van der Waals surface area contributed by atoms with Gasteiger partial charge in [0.25, 0.3) is 5.91 Å². The fraction of sp³-hybridized carbons (Fsp3) is 0.400. The van der Waals surface area contributed by atoms with Gasteiger partial charge < -0.3 is 9.88 Å². The molecule has 0 spiro atoms. The van der Waals surface area contributed by atoms with Crippen LogP contribution in [0.3, 0.4) is 0 Å². The predicted octanol–water partition coefficient (Wildman–Crippen LogP) is 3.26. The molecule has 1 atom stereocenters. The Kier molecular flexibility index (Phi) is 5.27. The molecule has 0 saturated carbocycles. The minimum atomic E-state index is -0.243. The number of carbonyl (C=O) groups excluding carboxylic acids is 1. The summed E-state index contributed by atoms with van der Waals surface area (Å²) in [6.45, 7) is 8.04. The summed E-state index contributed by atoms with van der Waals surface area (Å²) in [5.41, 5.74) is 2.73. The van der Waals surface area contributed by atoms with Crippen molar-refractivity contribution in [3.8, 4) is 0 Å². The highest BCUT2D eigenvalue weighted by Crippen LogP contribution is 2.19. The molecule has 2 aromatic rings. The average Bonchev–Trinajstić information content (AvgIpc) is 2.49. The first-order chi connectivity index (χ1) is 11.2. The lowest BCUT2D eigenvalue weighted by Gasteiger charge is -2.20. The largest absolute Gasteiger partial charge is 0.347 e. The fourth-order valence-corrected chi connectivity index (χ4v) is 2.58. The second kappa shape index (κ2) is 7.04. The summed E-state index contributed by atoms with van der Waals surface area (Å²) in [7, 11) is 1.77. The topological polar surface area (TPSA) is 51.1 Å². The van der Waals surface area contributed by atoms with Crippen molar-refractivity contribution in [2.24, 2.45) is 7.05 Å². The minimum absolute atomic E-state index is 0.000152. The number of aryl methyl sites for hydroxylation is 1. The maximum absolute atomic E-state index is 12.1. The van der Waals surface area contributed by atoms with Gasteiger partial charge in [0.05, 0.1) is 0 Å². The zero-order valence-corrected chi connectivity index (χ0v) is 15.1. The van der Waals surface area contributed by atoms with Gasteiger partial charge in [0, 0.05) is 30.4 Å². The minimum Gasteiger partial charge on any atom is -0.347 e. The van der Waals surface area contributed by atoms with Crippen LogP contribution < -0.4 is 10.9 Å². The normalized spacial score (nSPS) is 12.7. The molecule has 0 aliphatic rings. The number of benzene rings is 1. The highest BCUT2D eigenvalue weighted by atomic mass is 16.1. The van der Waals surface area contributed by atoms with Gasteiger partial charge in [0.2, 0.25) is 5.56 Å². The standard InChI is InChI=1S/C20H26N2O2/c1-14(17-10-11-18(23)22(5)13-17)12-15-6-8-16(9-7-15)19(24)21-20(2,3)4/h6-11,13-14H,12H2,1-5H3,(H,21,24). The van der Waals surface area contributed by atoms with Crippen molar-refractivity contribution in [3.05, 3.63) is 69.6 Å². The van der Waals surface area contributed by atoms with E-state index in [2.05, 4.69) is 12.2 Å². The van der Waals surface area contributed by atoms with Crippen molar-refractivity contribution in [2.75, 3.05) is 0 Å². The van der Waals surface area contributed by atoms with E-state index < -0.39 is 0 Å². The molecule has 0 bridgehead atoms. The van der Waals surface area contributed by atoms with Crippen LogP contribution in [-0.4, -0.2) is 16.0 Å². The quantitative estimate of drug-likeness (QED) is 0.937. The highest BCUT2D eigenvalue weighted by Gasteiger charge is 2.15. The van der Waals surface area contributed by atoms with E-state index in [-0.39, 0.29) is 17.0 Å². The van der Waals surface area contributed by atoms with E-state index >= 15 is 0 Å². The Balaban J connectivity index is 2.07. The van der Waals surface area contributed by atoms with E-state index in [4.69, 9.17) is 0 Å². The summed E-state index contributed by atoms with van der Waals surface area (Å²) >= 11 is 0. The summed E-state index contributed by atoms with van der Waals surface area (Å²) < 4.78 is 1.60.